The van der Waals surface area contributed by atoms with E-state index in [1.165, 1.54) is 64.9 Å². The number of carboxylic acid groups (broad SMARTS) is 2. The number of rotatable bonds is 9. The predicted octanol–water partition coefficient (Wildman–Crippen LogP) is 1.01. The van der Waals surface area contributed by atoms with Gasteiger partial charge < -0.3 is 35.3 Å². The second kappa shape index (κ2) is 14.6. The predicted molar refractivity (Wildman–Crippen MR) is 143 cm³/mol. The third kappa shape index (κ3) is 8.63. The molecule has 2 aromatic carbocycles. The standard InChI is InChI=1S/C18H14O8.C8H11N3O3S/c19-15(20)13(25-17(23)11-7-3-1-4-8-11)14(16(21)22)26-18(24)12-9-5-2-6-10-12;9-5-1-2-11(8(13)10-5)6-4-14-7(3-12)15-6/h1-10,13-14H,(H,19,20)(H,21,22);1-2,6-7,12H,3-4H2,(H2,9,10,13)/t13-,14-;6-,7-/m11/s1. The molecule has 15 heteroatoms. The van der Waals surface area contributed by atoms with E-state index in [4.69, 9.17) is 25.1 Å². The molecule has 0 amide bonds. The molecule has 1 saturated heterocycles. The number of aliphatic hydroxyl groups is 1. The normalized spacial score (nSPS) is 17.3. The Hall–Kier alpha value is -4.73. The molecule has 1 aliphatic rings. The van der Waals surface area contributed by atoms with Crippen molar-refractivity contribution in [2.45, 2.75) is 23.0 Å². The molecule has 0 aliphatic carbocycles. The number of thioether (sulfide) groups is 1. The van der Waals surface area contributed by atoms with Gasteiger partial charge in [-0.25, -0.2) is 24.0 Å². The molecule has 4 atom stereocenters. The molecule has 1 aliphatic heterocycles. The zero-order chi connectivity index (χ0) is 29.9. The molecular formula is C26H25N3O11S. The van der Waals surface area contributed by atoms with Gasteiger partial charge in [0.25, 0.3) is 0 Å². The van der Waals surface area contributed by atoms with Crippen LogP contribution in [0.25, 0.3) is 0 Å². The van der Waals surface area contributed by atoms with Crippen LogP contribution in [0.5, 0.6) is 0 Å². The van der Waals surface area contributed by atoms with E-state index in [2.05, 4.69) is 4.98 Å². The van der Waals surface area contributed by atoms with Gasteiger partial charge in [-0.2, -0.15) is 4.98 Å². The number of esters is 2. The lowest BCUT2D eigenvalue weighted by Gasteiger charge is -2.21. The minimum absolute atomic E-state index is 0.0253. The van der Waals surface area contributed by atoms with Crippen molar-refractivity contribution in [1.29, 1.82) is 0 Å². The van der Waals surface area contributed by atoms with E-state index in [0.29, 0.717) is 6.61 Å². The number of ether oxygens (including phenoxy) is 3. The summed E-state index contributed by atoms with van der Waals surface area (Å²) < 4.78 is 16.2. The van der Waals surface area contributed by atoms with Crippen LogP contribution < -0.4 is 11.4 Å². The Balaban J connectivity index is 0.000000260. The minimum atomic E-state index is -2.21. The van der Waals surface area contributed by atoms with Crippen LogP contribution in [0.1, 0.15) is 26.1 Å². The Morgan fingerprint density at radius 1 is 0.927 bits per heavy atom. The van der Waals surface area contributed by atoms with E-state index in [0.717, 1.165) is 0 Å². The summed E-state index contributed by atoms with van der Waals surface area (Å²) in [7, 11) is 0. The number of aliphatic hydroxyl groups excluding tert-OH is 1. The van der Waals surface area contributed by atoms with Crippen LogP contribution in [-0.4, -0.2) is 79.6 Å². The van der Waals surface area contributed by atoms with Crippen molar-refractivity contribution in [3.63, 3.8) is 0 Å². The summed E-state index contributed by atoms with van der Waals surface area (Å²) in [6, 6.07) is 16.4. The highest BCUT2D eigenvalue weighted by Crippen LogP contribution is 2.34. The molecule has 0 saturated carbocycles. The summed E-state index contributed by atoms with van der Waals surface area (Å²) in [5, 5.41) is 27.2. The van der Waals surface area contributed by atoms with E-state index in [9.17, 15) is 34.2 Å². The molecule has 0 unspecified atom stereocenters. The quantitative estimate of drug-likeness (QED) is 0.257. The molecule has 0 radical (unpaired) electrons. The summed E-state index contributed by atoms with van der Waals surface area (Å²) in [6.45, 7) is 0.333. The SMILES string of the molecule is Nc1ccn([C@H]2CO[C@@H](CO)S2)c(=O)n1.O=C(O[C@@H](C(=O)O)[C@@H](OC(=O)c1ccccc1)C(=O)O)c1ccccc1. The minimum Gasteiger partial charge on any atom is -0.478 e. The van der Waals surface area contributed by atoms with Crippen LogP contribution in [0, 0.1) is 0 Å². The number of benzene rings is 2. The number of nitrogens with two attached hydrogens (primary N) is 1. The van der Waals surface area contributed by atoms with E-state index in [-0.39, 0.29) is 34.4 Å². The molecule has 41 heavy (non-hydrogen) atoms. The topological polar surface area (TPSA) is 218 Å². The fourth-order valence-corrected chi connectivity index (χ4v) is 4.37. The van der Waals surface area contributed by atoms with Crippen molar-refractivity contribution in [2.24, 2.45) is 0 Å². The maximum Gasteiger partial charge on any atom is 0.350 e. The average molecular weight is 588 g/mol. The van der Waals surface area contributed by atoms with Crippen LogP contribution in [0.4, 0.5) is 5.82 Å². The first-order chi connectivity index (χ1) is 19.6. The Bertz CT molecular complexity index is 1350. The fourth-order valence-electron chi connectivity index (χ4n) is 3.33. The van der Waals surface area contributed by atoms with E-state index in [1.807, 2.05) is 0 Å². The molecule has 4 rings (SSSR count). The zero-order valence-corrected chi connectivity index (χ0v) is 22.0. The van der Waals surface area contributed by atoms with Crippen molar-refractivity contribution in [3.05, 3.63) is 94.5 Å². The van der Waals surface area contributed by atoms with Crippen molar-refractivity contribution in [3.8, 4) is 0 Å². The lowest BCUT2D eigenvalue weighted by Crippen LogP contribution is -2.45. The lowest BCUT2D eigenvalue weighted by molar-refractivity contribution is -0.166. The van der Waals surface area contributed by atoms with Gasteiger partial charge in [0, 0.05) is 6.20 Å². The highest BCUT2D eigenvalue weighted by molar-refractivity contribution is 8.00. The van der Waals surface area contributed by atoms with Gasteiger partial charge in [-0.15, -0.1) is 11.8 Å². The van der Waals surface area contributed by atoms with E-state index in [1.54, 1.807) is 24.4 Å². The van der Waals surface area contributed by atoms with E-state index < -0.39 is 41.8 Å². The monoisotopic (exact) mass is 587 g/mol. The fraction of sp³-hybridized carbons (Fsp3) is 0.231. The molecule has 14 nitrogen and oxygen atoms in total. The van der Waals surface area contributed by atoms with Gasteiger partial charge in [0.15, 0.2) is 0 Å². The van der Waals surface area contributed by atoms with Gasteiger partial charge in [0.2, 0.25) is 12.2 Å². The summed E-state index contributed by atoms with van der Waals surface area (Å²) in [5.74, 6) is -5.43. The Morgan fingerprint density at radius 3 is 1.80 bits per heavy atom. The number of aliphatic carboxylic acids is 2. The molecule has 1 fully saturated rings. The first-order valence-electron chi connectivity index (χ1n) is 11.8. The third-order valence-corrected chi connectivity index (χ3v) is 6.56. The van der Waals surface area contributed by atoms with Crippen LogP contribution in [0.2, 0.25) is 0 Å². The molecule has 0 spiro atoms. The first-order valence-corrected chi connectivity index (χ1v) is 12.7. The number of carboxylic acids is 2. The van der Waals surface area contributed by atoms with Gasteiger partial charge in [-0.3, -0.25) is 4.57 Å². The summed E-state index contributed by atoms with van der Waals surface area (Å²) >= 11 is 1.39. The third-order valence-electron chi connectivity index (χ3n) is 5.29. The second-order valence-corrected chi connectivity index (χ2v) is 9.48. The van der Waals surface area contributed by atoms with Crippen LogP contribution in [0.15, 0.2) is 77.7 Å². The van der Waals surface area contributed by atoms with Gasteiger partial charge in [-0.1, -0.05) is 36.4 Å². The molecule has 2 heterocycles. The van der Waals surface area contributed by atoms with Crippen molar-refractivity contribution in [2.75, 3.05) is 18.9 Å². The summed E-state index contributed by atoms with van der Waals surface area (Å²) in [5.41, 5.74) is 4.77. The largest absolute Gasteiger partial charge is 0.478 e. The van der Waals surface area contributed by atoms with Crippen LogP contribution in [-0.2, 0) is 23.8 Å². The van der Waals surface area contributed by atoms with E-state index >= 15 is 0 Å². The number of nitrogen functional groups attached to an aromatic ring is 1. The molecular weight excluding hydrogens is 562 g/mol. The average Bonchev–Trinajstić information content (AvgIpc) is 3.44. The molecule has 216 valence electrons. The van der Waals surface area contributed by atoms with Crippen LogP contribution >= 0.6 is 11.8 Å². The molecule has 3 aromatic rings. The highest BCUT2D eigenvalue weighted by Gasteiger charge is 2.41. The summed E-state index contributed by atoms with van der Waals surface area (Å²) in [6.07, 6.45) is -2.84. The Labute approximate surface area is 236 Å². The number of hydrogen-bond donors (Lipinski definition) is 4. The van der Waals surface area contributed by atoms with Crippen molar-refractivity contribution in [1.82, 2.24) is 9.55 Å². The molecule has 1 aromatic heterocycles. The second-order valence-electron chi connectivity index (χ2n) is 8.14. The van der Waals surface area contributed by atoms with Gasteiger partial charge in [-0.05, 0) is 30.3 Å². The number of nitrogens with zero attached hydrogens (tertiary/aromatic N) is 2. The Kier molecular flexibility index (Phi) is 11.0. The first kappa shape index (κ1) is 30.8. The smallest absolute Gasteiger partial charge is 0.350 e. The van der Waals surface area contributed by atoms with Gasteiger partial charge in [0.05, 0.1) is 24.3 Å². The maximum atomic E-state index is 12.0. The van der Waals surface area contributed by atoms with Crippen molar-refractivity contribution >= 4 is 41.5 Å². The zero-order valence-electron chi connectivity index (χ0n) is 21.1. The number of carbonyl (C=O) groups is 4. The summed E-state index contributed by atoms with van der Waals surface area (Å²) in [4.78, 5) is 61.9. The van der Waals surface area contributed by atoms with Crippen molar-refractivity contribution < 1.29 is 48.7 Å². The van der Waals surface area contributed by atoms with Crippen LogP contribution in [0.3, 0.4) is 0 Å². The molecule has 0 bridgehead atoms. The number of carbonyl (C=O) groups excluding carboxylic acids is 2. The molecule has 5 N–H and O–H groups in total. The number of aromatic nitrogens is 2. The van der Waals surface area contributed by atoms with Gasteiger partial charge in [0.1, 0.15) is 16.6 Å². The van der Waals surface area contributed by atoms with Gasteiger partial charge >= 0.3 is 29.6 Å². The number of anilines is 1. The highest BCUT2D eigenvalue weighted by atomic mass is 32.2. The number of hydrogen-bond acceptors (Lipinski definition) is 12. The Morgan fingerprint density at radius 2 is 1.41 bits per heavy atom. The lowest BCUT2D eigenvalue weighted by atomic mass is 10.1. The maximum absolute atomic E-state index is 12.0.